The summed E-state index contributed by atoms with van der Waals surface area (Å²) in [5.41, 5.74) is 3.24. The molecular formula is C14H15ClN3Pb. The number of hydrogen-bond donors (Lipinski definition) is 1. The van der Waals surface area contributed by atoms with Gasteiger partial charge in [-0.05, 0) is 0 Å². The maximum absolute atomic E-state index is 6.43. The molecular weight excluding hydrogens is 453 g/mol. The van der Waals surface area contributed by atoms with E-state index < -0.39 is 0 Å². The van der Waals surface area contributed by atoms with Gasteiger partial charge in [-0.2, -0.15) is 0 Å². The Bertz CT molecular complexity index is 523. The van der Waals surface area contributed by atoms with Crippen molar-refractivity contribution in [2.45, 2.75) is 0 Å². The van der Waals surface area contributed by atoms with Crippen LogP contribution >= 0.6 is 11.6 Å². The number of nitrogens with one attached hydrogen (secondary N) is 1. The van der Waals surface area contributed by atoms with E-state index >= 15 is 0 Å². The predicted octanol–water partition coefficient (Wildman–Crippen LogP) is 2.58. The van der Waals surface area contributed by atoms with E-state index in [9.17, 15) is 0 Å². The average Bonchev–Trinajstić information content (AvgIpc) is 2.42. The number of hydrogen-bond acceptors (Lipinski definition) is 3. The van der Waals surface area contributed by atoms with Gasteiger partial charge in [-0.15, -0.1) is 0 Å². The zero-order valence-electron chi connectivity index (χ0n) is 10.7. The first-order valence-electron chi connectivity index (χ1n) is 5.98. The number of likely N-dealkylation sites (N-methyl/N-ethyl adjacent to an activating group) is 1. The molecule has 97 valence electrons. The van der Waals surface area contributed by atoms with Crippen LogP contribution < -0.4 is 5.32 Å². The Labute approximate surface area is 135 Å². The second kappa shape index (κ2) is 7.21. The molecule has 0 aromatic heterocycles. The Morgan fingerprint density at radius 3 is 2.74 bits per heavy atom. The quantitative estimate of drug-likeness (QED) is 0.546. The van der Waals surface area contributed by atoms with Gasteiger partial charge in [0.15, 0.2) is 0 Å². The van der Waals surface area contributed by atoms with Crippen LogP contribution in [0.1, 0.15) is 0 Å². The van der Waals surface area contributed by atoms with Crippen molar-refractivity contribution in [1.29, 1.82) is 0 Å². The Balaban J connectivity index is 2.20. The normalized spacial score (nSPS) is 19.4. The van der Waals surface area contributed by atoms with Crippen molar-refractivity contribution in [3.63, 3.8) is 0 Å². The summed E-state index contributed by atoms with van der Waals surface area (Å²) in [6.45, 7) is 1.70. The number of para-hydroxylation sites is 1. The Kier molecular flexibility index (Phi) is 5.60. The fourth-order valence-electron chi connectivity index (χ4n) is 1.97. The molecule has 1 heterocycles. The summed E-state index contributed by atoms with van der Waals surface area (Å²) >= 11 is 7.23. The number of rotatable bonds is 3. The van der Waals surface area contributed by atoms with Gasteiger partial charge in [-0.1, -0.05) is 0 Å². The van der Waals surface area contributed by atoms with Crippen molar-refractivity contribution >= 4 is 49.6 Å². The molecule has 1 aromatic rings. The summed E-state index contributed by atoms with van der Waals surface area (Å²) < 4.78 is 4.19. The van der Waals surface area contributed by atoms with E-state index in [1.807, 2.05) is 42.7 Å². The number of benzene rings is 1. The van der Waals surface area contributed by atoms with Crippen LogP contribution in [0, 0.1) is 0 Å². The molecule has 3 radical (unpaired) electrons. The predicted molar refractivity (Wildman–Crippen MR) is 82.8 cm³/mol. The molecule has 0 fully saturated rings. The van der Waals surface area contributed by atoms with E-state index in [2.05, 4.69) is 20.1 Å². The summed E-state index contributed by atoms with van der Waals surface area (Å²) in [6.07, 6.45) is 3.87. The average molecular weight is 468 g/mol. The summed E-state index contributed by atoms with van der Waals surface area (Å²) in [4.78, 5) is 2.23. The molecule has 0 saturated heterocycles. The first kappa shape index (κ1) is 14.7. The molecule has 1 aliphatic heterocycles. The van der Waals surface area contributed by atoms with Crippen LogP contribution in [0.2, 0.25) is 0 Å². The standard InChI is InChI=1S/C14H15ClN3.Pb/c1-18-9-11(7-16)14(15)12(10-18)8-17-13-5-3-2-4-6-13;/h2-8,17H,9-10H2,1H3;/q-1;+1/b12-8+;. The van der Waals surface area contributed by atoms with Crippen molar-refractivity contribution in [3.05, 3.63) is 52.7 Å². The molecule has 1 aromatic carbocycles. The van der Waals surface area contributed by atoms with E-state index in [0.29, 0.717) is 0 Å². The second-order valence-electron chi connectivity index (χ2n) is 4.45. The minimum absolute atomic E-state index is 0.806. The molecule has 0 unspecified atom stereocenters. The van der Waals surface area contributed by atoms with E-state index in [1.54, 1.807) is 0 Å². The molecule has 19 heavy (non-hydrogen) atoms. The SMILES string of the molecule is CN1CC(/C=[N]/[Pb])=C(Cl)C(=C/Nc2ccccc2)/C1. The third-order valence-corrected chi connectivity index (χ3v) is 3.84. The molecule has 0 saturated carbocycles. The van der Waals surface area contributed by atoms with E-state index in [1.165, 1.54) is 0 Å². The summed E-state index contributed by atoms with van der Waals surface area (Å²) in [6, 6.07) is 10.1. The van der Waals surface area contributed by atoms with Gasteiger partial charge in [0, 0.05) is 0 Å². The maximum atomic E-state index is 6.43. The zero-order valence-corrected chi connectivity index (χ0v) is 15.4. The number of nitrogens with zero attached hydrogens (tertiary/aromatic N) is 2. The minimum atomic E-state index is 0.806. The molecule has 0 spiro atoms. The fourth-order valence-corrected chi connectivity index (χ4v) is 2.80. The second-order valence-corrected chi connectivity index (χ2v) is 5.83. The van der Waals surface area contributed by atoms with Gasteiger partial charge in [0.2, 0.25) is 0 Å². The summed E-state index contributed by atoms with van der Waals surface area (Å²) in [5.74, 6) is 0. The number of halogens is 1. The van der Waals surface area contributed by atoms with E-state index in [-0.39, 0.29) is 0 Å². The van der Waals surface area contributed by atoms with Gasteiger partial charge in [0.1, 0.15) is 0 Å². The van der Waals surface area contributed by atoms with Gasteiger partial charge < -0.3 is 0 Å². The molecule has 0 bridgehead atoms. The zero-order chi connectivity index (χ0) is 13.7. The molecule has 0 atom stereocenters. The van der Waals surface area contributed by atoms with Crippen LogP contribution in [0.5, 0.6) is 0 Å². The van der Waals surface area contributed by atoms with E-state index in [4.69, 9.17) is 11.6 Å². The third-order valence-electron chi connectivity index (χ3n) is 2.85. The van der Waals surface area contributed by atoms with Crippen LogP contribution in [0.25, 0.3) is 0 Å². The Morgan fingerprint density at radius 1 is 1.32 bits per heavy atom. The molecule has 0 aliphatic carbocycles. The third kappa shape index (κ3) is 4.16. The molecule has 3 nitrogen and oxygen atoms in total. The Hall–Kier alpha value is -0.658. The summed E-state index contributed by atoms with van der Waals surface area (Å²) in [5, 5.41) is 4.11. The first-order chi connectivity index (χ1) is 9.20. The number of anilines is 1. The molecule has 5 heteroatoms. The fraction of sp³-hybridized carbons (Fsp3) is 0.214. The monoisotopic (exact) mass is 468 g/mol. The van der Waals surface area contributed by atoms with Crippen molar-refractivity contribution in [3.8, 4) is 0 Å². The van der Waals surface area contributed by atoms with Crippen LogP contribution in [-0.4, -0.2) is 57.3 Å². The summed E-state index contributed by atoms with van der Waals surface area (Å²) in [7, 11) is 2.08. The van der Waals surface area contributed by atoms with Crippen LogP contribution in [0.15, 0.2) is 55.5 Å². The van der Waals surface area contributed by atoms with Gasteiger partial charge >= 0.3 is 135 Å². The molecule has 1 aliphatic rings. The molecule has 0 amide bonds. The topological polar surface area (TPSA) is 27.6 Å². The van der Waals surface area contributed by atoms with Gasteiger partial charge in [0.05, 0.1) is 0 Å². The van der Waals surface area contributed by atoms with Gasteiger partial charge in [-0.25, -0.2) is 0 Å². The van der Waals surface area contributed by atoms with E-state index in [0.717, 1.165) is 61.0 Å². The van der Waals surface area contributed by atoms with Crippen molar-refractivity contribution < 1.29 is 0 Å². The van der Waals surface area contributed by atoms with Gasteiger partial charge in [-0.3, -0.25) is 0 Å². The van der Waals surface area contributed by atoms with Crippen molar-refractivity contribution in [2.24, 2.45) is 2.80 Å². The molecule has 1 N–H and O–H groups in total. The van der Waals surface area contributed by atoms with Crippen molar-refractivity contribution in [1.82, 2.24) is 4.90 Å². The van der Waals surface area contributed by atoms with Crippen LogP contribution in [0.3, 0.4) is 0 Å². The first-order valence-corrected chi connectivity index (χ1v) is 8.10. The van der Waals surface area contributed by atoms with Gasteiger partial charge in [0.25, 0.3) is 0 Å². The Morgan fingerprint density at radius 2 is 2.05 bits per heavy atom. The van der Waals surface area contributed by atoms with Crippen LogP contribution in [-0.2, 0) is 0 Å². The van der Waals surface area contributed by atoms with Crippen LogP contribution in [0.4, 0.5) is 5.69 Å². The molecule has 2 rings (SSSR count). The van der Waals surface area contributed by atoms with Crippen molar-refractivity contribution in [2.75, 3.05) is 25.5 Å².